The molecule has 0 saturated heterocycles. The first-order chi connectivity index (χ1) is 9.06. The van der Waals surface area contributed by atoms with E-state index in [-0.39, 0.29) is 0 Å². The number of benzene rings is 1. The fourth-order valence-corrected chi connectivity index (χ4v) is 2.46. The Hall–Kier alpha value is -1.81. The monoisotopic (exact) mass is 259 g/mol. The van der Waals surface area contributed by atoms with Crippen LogP contribution in [0.1, 0.15) is 16.8 Å². The number of aromatic nitrogens is 2. The molecule has 102 valence electrons. The van der Waals surface area contributed by atoms with E-state index in [2.05, 4.69) is 37.1 Å². The zero-order valence-electron chi connectivity index (χ0n) is 12.0. The third-order valence-electron chi connectivity index (χ3n) is 3.23. The van der Waals surface area contributed by atoms with E-state index in [0.717, 1.165) is 34.7 Å². The second-order valence-electron chi connectivity index (χ2n) is 4.85. The smallest absolute Gasteiger partial charge is 0.131 e. The SMILES string of the molecule is COc1c(C)cc(C)cc1-c1cc(CCN)nn1C. The average molecular weight is 259 g/mol. The highest BCUT2D eigenvalue weighted by atomic mass is 16.5. The molecule has 1 aromatic heterocycles. The van der Waals surface area contributed by atoms with Crippen LogP contribution in [0.4, 0.5) is 0 Å². The summed E-state index contributed by atoms with van der Waals surface area (Å²) in [5, 5.41) is 4.49. The van der Waals surface area contributed by atoms with Crippen molar-refractivity contribution in [2.45, 2.75) is 20.3 Å². The molecule has 0 bridgehead atoms. The largest absolute Gasteiger partial charge is 0.496 e. The molecule has 0 aliphatic rings. The predicted molar refractivity (Wildman–Crippen MR) is 77.4 cm³/mol. The minimum absolute atomic E-state index is 0.612. The Kier molecular flexibility index (Phi) is 3.90. The zero-order chi connectivity index (χ0) is 14.0. The summed E-state index contributed by atoms with van der Waals surface area (Å²) in [5.74, 6) is 0.910. The first-order valence-corrected chi connectivity index (χ1v) is 6.45. The van der Waals surface area contributed by atoms with E-state index >= 15 is 0 Å². The molecule has 1 heterocycles. The van der Waals surface area contributed by atoms with Crippen molar-refractivity contribution in [3.8, 4) is 17.0 Å². The van der Waals surface area contributed by atoms with Crippen LogP contribution in [0.3, 0.4) is 0 Å². The van der Waals surface area contributed by atoms with E-state index in [0.29, 0.717) is 6.54 Å². The first-order valence-electron chi connectivity index (χ1n) is 6.45. The van der Waals surface area contributed by atoms with E-state index in [1.54, 1.807) is 7.11 Å². The lowest BCUT2D eigenvalue weighted by atomic mass is 10.0. The number of ether oxygens (including phenoxy) is 1. The molecule has 0 fully saturated rings. The van der Waals surface area contributed by atoms with E-state index in [1.165, 1.54) is 5.56 Å². The summed E-state index contributed by atoms with van der Waals surface area (Å²) < 4.78 is 7.43. The summed E-state index contributed by atoms with van der Waals surface area (Å²) in [5.41, 5.74) is 11.1. The highest BCUT2D eigenvalue weighted by Crippen LogP contribution is 2.34. The fraction of sp³-hybridized carbons (Fsp3) is 0.400. The van der Waals surface area contributed by atoms with Crippen LogP contribution >= 0.6 is 0 Å². The maximum atomic E-state index is 5.59. The zero-order valence-corrected chi connectivity index (χ0v) is 12.0. The first kappa shape index (κ1) is 13.6. The molecule has 4 heteroatoms. The van der Waals surface area contributed by atoms with Crippen molar-refractivity contribution < 1.29 is 4.74 Å². The second-order valence-corrected chi connectivity index (χ2v) is 4.85. The van der Waals surface area contributed by atoms with Gasteiger partial charge in [-0.05, 0) is 43.7 Å². The van der Waals surface area contributed by atoms with Crippen LogP contribution in [-0.4, -0.2) is 23.4 Å². The molecule has 0 atom stereocenters. The molecule has 19 heavy (non-hydrogen) atoms. The minimum atomic E-state index is 0.612. The van der Waals surface area contributed by atoms with E-state index in [1.807, 2.05) is 11.7 Å². The topological polar surface area (TPSA) is 53.1 Å². The maximum Gasteiger partial charge on any atom is 0.131 e. The number of hydrogen-bond donors (Lipinski definition) is 1. The van der Waals surface area contributed by atoms with Crippen molar-refractivity contribution in [2.75, 3.05) is 13.7 Å². The molecular weight excluding hydrogens is 238 g/mol. The molecule has 2 aromatic rings. The van der Waals surface area contributed by atoms with Crippen LogP contribution in [0.25, 0.3) is 11.3 Å². The van der Waals surface area contributed by atoms with Crippen LogP contribution in [0.2, 0.25) is 0 Å². The highest BCUT2D eigenvalue weighted by Gasteiger charge is 2.14. The molecule has 0 radical (unpaired) electrons. The van der Waals surface area contributed by atoms with Crippen LogP contribution in [0, 0.1) is 13.8 Å². The van der Waals surface area contributed by atoms with Crippen molar-refractivity contribution in [1.82, 2.24) is 9.78 Å². The van der Waals surface area contributed by atoms with Gasteiger partial charge in [-0.1, -0.05) is 6.07 Å². The van der Waals surface area contributed by atoms with Crippen molar-refractivity contribution in [3.63, 3.8) is 0 Å². The third-order valence-corrected chi connectivity index (χ3v) is 3.23. The van der Waals surface area contributed by atoms with Crippen molar-refractivity contribution in [1.29, 1.82) is 0 Å². The van der Waals surface area contributed by atoms with Gasteiger partial charge in [-0.15, -0.1) is 0 Å². The summed E-state index contributed by atoms with van der Waals surface area (Å²) in [7, 11) is 3.66. The van der Waals surface area contributed by atoms with Gasteiger partial charge in [0.15, 0.2) is 0 Å². The van der Waals surface area contributed by atoms with Gasteiger partial charge in [-0.3, -0.25) is 4.68 Å². The van der Waals surface area contributed by atoms with Crippen molar-refractivity contribution in [2.24, 2.45) is 12.8 Å². The van der Waals surface area contributed by atoms with Crippen LogP contribution in [-0.2, 0) is 13.5 Å². The normalized spacial score (nSPS) is 10.8. The van der Waals surface area contributed by atoms with Gasteiger partial charge in [0, 0.05) is 19.0 Å². The molecule has 0 unspecified atom stereocenters. The van der Waals surface area contributed by atoms with E-state index in [4.69, 9.17) is 10.5 Å². The maximum absolute atomic E-state index is 5.59. The van der Waals surface area contributed by atoms with E-state index in [9.17, 15) is 0 Å². The quantitative estimate of drug-likeness (QED) is 0.916. The number of hydrogen-bond acceptors (Lipinski definition) is 3. The average Bonchev–Trinajstić information content (AvgIpc) is 2.70. The lowest BCUT2D eigenvalue weighted by molar-refractivity contribution is 0.413. The Morgan fingerprint density at radius 3 is 2.63 bits per heavy atom. The van der Waals surface area contributed by atoms with Gasteiger partial charge in [0.05, 0.1) is 18.5 Å². The van der Waals surface area contributed by atoms with Crippen LogP contribution in [0.5, 0.6) is 5.75 Å². The van der Waals surface area contributed by atoms with Gasteiger partial charge in [0.2, 0.25) is 0 Å². The van der Waals surface area contributed by atoms with Gasteiger partial charge in [-0.2, -0.15) is 5.10 Å². The fourth-order valence-electron chi connectivity index (χ4n) is 2.46. The number of rotatable bonds is 4. The number of methoxy groups -OCH3 is 1. The molecule has 2 N–H and O–H groups in total. The Morgan fingerprint density at radius 2 is 2.00 bits per heavy atom. The Bertz CT molecular complexity index is 587. The van der Waals surface area contributed by atoms with Crippen LogP contribution in [0.15, 0.2) is 18.2 Å². The standard InChI is InChI=1S/C15H21N3O/c1-10-7-11(2)15(19-4)13(8-10)14-9-12(5-6-16)17-18(14)3/h7-9H,5-6,16H2,1-4H3. The Morgan fingerprint density at radius 1 is 1.26 bits per heavy atom. The van der Waals surface area contributed by atoms with Gasteiger partial charge in [0.25, 0.3) is 0 Å². The second kappa shape index (κ2) is 5.45. The predicted octanol–water partition coefficient (Wildman–Crippen LogP) is 2.21. The minimum Gasteiger partial charge on any atom is -0.496 e. The summed E-state index contributed by atoms with van der Waals surface area (Å²) in [6, 6.07) is 6.35. The molecule has 2 rings (SSSR count). The lowest BCUT2D eigenvalue weighted by Crippen LogP contribution is -2.03. The van der Waals surface area contributed by atoms with Crippen LogP contribution < -0.4 is 10.5 Å². The number of aryl methyl sites for hydroxylation is 3. The van der Waals surface area contributed by atoms with Gasteiger partial charge >= 0.3 is 0 Å². The molecule has 1 aromatic carbocycles. The number of nitrogens with two attached hydrogens (primary N) is 1. The molecular formula is C15H21N3O. The van der Waals surface area contributed by atoms with E-state index < -0.39 is 0 Å². The lowest BCUT2D eigenvalue weighted by Gasteiger charge is -2.12. The molecule has 0 saturated carbocycles. The molecule has 0 spiro atoms. The number of nitrogens with zero attached hydrogens (tertiary/aromatic N) is 2. The molecule has 0 aliphatic heterocycles. The van der Waals surface area contributed by atoms with Gasteiger partial charge in [-0.25, -0.2) is 0 Å². The van der Waals surface area contributed by atoms with Gasteiger partial charge < -0.3 is 10.5 Å². The Balaban J connectivity index is 2.57. The van der Waals surface area contributed by atoms with Gasteiger partial charge in [0.1, 0.15) is 5.75 Å². The van der Waals surface area contributed by atoms with Crippen molar-refractivity contribution in [3.05, 3.63) is 35.0 Å². The summed E-state index contributed by atoms with van der Waals surface area (Å²) >= 11 is 0. The third kappa shape index (κ3) is 2.63. The van der Waals surface area contributed by atoms with Crippen molar-refractivity contribution >= 4 is 0 Å². The molecule has 0 amide bonds. The summed E-state index contributed by atoms with van der Waals surface area (Å²) in [4.78, 5) is 0. The summed E-state index contributed by atoms with van der Waals surface area (Å²) in [6.07, 6.45) is 0.793. The Labute approximate surface area is 114 Å². The summed E-state index contributed by atoms with van der Waals surface area (Å²) in [6.45, 7) is 4.76. The highest BCUT2D eigenvalue weighted by molar-refractivity contribution is 5.70. The molecule has 0 aliphatic carbocycles. The molecule has 4 nitrogen and oxygen atoms in total.